The first kappa shape index (κ1) is 6.90. The van der Waals surface area contributed by atoms with Crippen LogP contribution in [0, 0.1) is 11.8 Å². The minimum absolute atomic E-state index is 0.971. The molecule has 2 aliphatic carbocycles. The Morgan fingerprint density at radius 3 is 2.90 bits per heavy atom. The van der Waals surface area contributed by atoms with Gasteiger partial charge in [-0.3, -0.25) is 0 Å². The highest BCUT2D eigenvalue weighted by molar-refractivity contribution is 9.09. The third-order valence-electron chi connectivity index (χ3n) is 2.83. The first-order valence-corrected chi connectivity index (χ1v) is 5.29. The number of hydrogen-bond acceptors (Lipinski definition) is 0. The quantitative estimate of drug-likeness (QED) is 0.475. The van der Waals surface area contributed by atoms with Crippen LogP contribution >= 0.6 is 15.9 Å². The molecule has 10 heavy (non-hydrogen) atoms. The van der Waals surface area contributed by atoms with E-state index >= 15 is 0 Å². The van der Waals surface area contributed by atoms with Crippen LogP contribution in [0.2, 0.25) is 0 Å². The molecule has 0 saturated heterocycles. The van der Waals surface area contributed by atoms with Gasteiger partial charge >= 0.3 is 0 Å². The molecule has 2 atom stereocenters. The molecule has 0 radical (unpaired) electrons. The summed E-state index contributed by atoms with van der Waals surface area (Å²) in [5.41, 5.74) is 1.74. The van der Waals surface area contributed by atoms with Crippen LogP contribution in [0.1, 0.15) is 25.7 Å². The monoisotopic (exact) mass is 200 g/mol. The van der Waals surface area contributed by atoms with Crippen molar-refractivity contribution in [3.05, 3.63) is 11.6 Å². The number of hydrogen-bond donors (Lipinski definition) is 0. The Bertz CT molecular complexity index is 160. The van der Waals surface area contributed by atoms with Crippen LogP contribution in [0.15, 0.2) is 11.6 Å². The van der Waals surface area contributed by atoms with Gasteiger partial charge in [-0.25, -0.2) is 0 Å². The van der Waals surface area contributed by atoms with Gasteiger partial charge in [0.25, 0.3) is 0 Å². The molecular weight excluding hydrogens is 188 g/mol. The van der Waals surface area contributed by atoms with Crippen LogP contribution < -0.4 is 0 Å². The van der Waals surface area contributed by atoms with E-state index in [1.54, 1.807) is 5.57 Å². The Hall–Kier alpha value is 0.220. The first-order valence-electron chi connectivity index (χ1n) is 4.16. The van der Waals surface area contributed by atoms with Crippen molar-refractivity contribution in [2.75, 3.05) is 5.33 Å². The highest BCUT2D eigenvalue weighted by atomic mass is 79.9. The Balaban J connectivity index is 2.03. The lowest BCUT2D eigenvalue weighted by Gasteiger charge is -2.10. The Labute approximate surface area is 70.8 Å². The average molecular weight is 201 g/mol. The number of fused-ring (bicyclic) bond motifs is 2. The molecule has 2 unspecified atom stereocenters. The second-order valence-electron chi connectivity index (χ2n) is 3.45. The van der Waals surface area contributed by atoms with E-state index in [1.807, 2.05) is 0 Å². The summed E-state index contributed by atoms with van der Waals surface area (Å²) in [6, 6.07) is 0. The first-order chi connectivity index (χ1) is 4.90. The third kappa shape index (κ3) is 1.05. The second-order valence-corrected chi connectivity index (χ2v) is 4.24. The van der Waals surface area contributed by atoms with E-state index in [0.717, 1.165) is 17.2 Å². The average Bonchev–Trinajstić information content (AvgIpc) is 2.48. The minimum Gasteiger partial charge on any atom is -0.0925 e. The van der Waals surface area contributed by atoms with Crippen LogP contribution in [-0.4, -0.2) is 5.33 Å². The summed E-state index contributed by atoms with van der Waals surface area (Å²) in [5, 5.41) is 1.15. The summed E-state index contributed by atoms with van der Waals surface area (Å²) in [7, 11) is 0. The van der Waals surface area contributed by atoms with Crippen LogP contribution in [0.3, 0.4) is 0 Å². The van der Waals surface area contributed by atoms with Gasteiger partial charge in [0.15, 0.2) is 0 Å². The summed E-state index contributed by atoms with van der Waals surface area (Å²) < 4.78 is 0. The van der Waals surface area contributed by atoms with Crippen molar-refractivity contribution in [2.24, 2.45) is 11.8 Å². The third-order valence-corrected chi connectivity index (χ3v) is 3.23. The lowest BCUT2D eigenvalue weighted by atomic mass is 9.97. The van der Waals surface area contributed by atoms with Crippen molar-refractivity contribution < 1.29 is 0 Å². The van der Waals surface area contributed by atoms with Crippen molar-refractivity contribution >= 4 is 15.9 Å². The zero-order chi connectivity index (χ0) is 6.97. The summed E-state index contributed by atoms with van der Waals surface area (Å²) in [5.74, 6) is 1.96. The van der Waals surface area contributed by atoms with Crippen LogP contribution in [0.5, 0.6) is 0 Å². The highest BCUT2D eigenvalue weighted by Gasteiger charge is 2.31. The zero-order valence-corrected chi connectivity index (χ0v) is 7.73. The van der Waals surface area contributed by atoms with E-state index in [1.165, 1.54) is 25.7 Å². The van der Waals surface area contributed by atoms with Crippen molar-refractivity contribution in [3.63, 3.8) is 0 Å². The zero-order valence-electron chi connectivity index (χ0n) is 6.15. The number of halogens is 1. The SMILES string of the molecule is BrCCC1=CC2CCC1C2. The number of rotatable bonds is 2. The van der Waals surface area contributed by atoms with Crippen molar-refractivity contribution in [1.29, 1.82) is 0 Å². The summed E-state index contributed by atoms with van der Waals surface area (Å²) in [6.45, 7) is 0. The van der Waals surface area contributed by atoms with Gasteiger partial charge < -0.3 is 0 Å². The molecule has 0 aromatic heterocycles. The molecule has 0 aromatic carbocycles. The molecule has 0 heterocycles. The molecule has 0 spiro atoms. The van der Waals surface area contributed by atoms with Gasteiger partial charge in [0.05, 0.1) is 0 Å². The minimum atomic E-state index is 0.971. The molecule has 0 amide bonds. The van der Waals surface area contributed by atoms with E-state index in [0.29, 0.717) is 0 Å². The van der Waals surface area contributed by atoms with Crippen molar-refractivity contribution in [1.82, 2.24) is 0 Å². The molecule has 0 nitrogen and oxygen atoms in total. The molecule has 1 saturated carbocycles. The smallest absolute Gasteiger partial charge is 0.00686 e. The van der Waals surface area contributed by atoms with E-state index in [2.05, 4.69) is 22.0 Å². The van der Waals surface area contributed by atoms with E-state index in [9.17, 15) is 0 Å². The van der Waals surface area contributed by atoms with Gasteiger partial charge in [0.1, 0.15) is 0 Å². The van der Waals surface area contributed by atoms with Gasteiger partial charge in [0.2, 0.25) is 0 Å². The lowest BCUT2D eigenvalue weighted by Crippen LogP contribution is -1.97. The standard InChI is InChI=1S/C9H13Br/c10-4-3-9-6-7-1-2-8(9)5-7/h6-8H,1-5H2. The van der Waals surface area contributed by atoms with Gasteiger partial charge in [-0.15, -0.1) is 0 Å². The lowest BCUT2D eigenvalue weighted by molar-refractivity contribution is 0.638. The van der Waals surface area contributed by atoms with Crippen molar-refractivity contribution in [2.45, 2.75) is 25.7 Å². The summed E-state index contributed by atoms with van der Waals surface area (Å²) >= 11 is 3.49. The van der Waals surface area contributed by atoms with E-state index in [4.69, 9.17) is 0 Å². The van der Waals surface area contributed by atoms with Crippen LogP contribution in [0.4, 0.5) is 0 Å². The summed E-state index contributed by atoms with van der Waals surface area (Å²) in [6.07, 6.45) is 8.23. The fourth-order valence-electron chi connectivity index (χ4n) is 2.34. The maximum atomic E-state index is 3.49. The Morgan fingerprint density at radius 2 is 2.40 bits per heavy atom. The van der Waals surface area contributed by atoms with Crippen LogP contribution in [0.25, 0.3) is 0 Å². The Morgan fingerprint density at radius 1 is 1.50 bits per heavy atom. The maximum absolute atomic E-state index is 3.49. The largest absolute Gasteiger partial charge is 0.0925 e. The summed E-state index contributed by atoms with van der Waals surface area (Å²) in [4.78, 5) is 0. The van der Waals surface area contributed by atoms with E-state index < -0.39 is 0 Å². The van der Waals surface area contributed by atoms with Gasteiger partial charge in [-0.1, -0.05) is 27.6 Å². The molecule has 2 bridgehead atoms. The van der Waals surface area contributed by atoms with Gasteiger partial charge in [0, 0.05) is 5.33 Å². The van der Waals surface area contributed by atoms with Crippen molar-refractivity contribution in [3.8, 4) is 0 Å². The van der Waals surface area contributed by atoms with E-state index in [-0.39, 0.29) is 0 Å². The number of allylic oxidation sites excluding steroid dienone is 2. The highest BCUT2D eigenvalue weighted by Crippen LogP contribution is 2.44. The normalized spacial score (nSPS) is 36.7. The Kier molecular flexibility index (Phi) is 1.86. The topological polar surface area (TPSA) is 0 Å². The second kappa shape index (κ2) is 2.69. The fraction of sp³-hybridized carbons (Fsp3) is 0.778. The van der Waals surface area contributed by atoms with Crippen LogP contribution in [-0.2, 0) is 0 Å². The molecule has 2 aliphatic rings. The molecule has 2 rings (SSSR count). The fourth-order valence-corrected chi connectivity index (χ4v) is 2.80. The van der Waals surface area contributed by atoms with Gasteiger partial charge in [-0.05, 0) is 37.5 Å². The maximum Gasteiger partial charge on any atom is 0.00686 e. The molecule has 56 valence electrons. The molecule has 1 fully saturated rings. The molecule has 0 aromatic rings. The molecule has 1 heteroatoms. The number of alkyl halides is 1. The molecule has 0 N–H and O–H groups in total. The predicted octanol–water partition coefficient (Wildman–Crippen LogP) is 3.13. The molecular formula is C9H13Br. The van der Waals surface area contributed by atoms with Gasteiger partial charge in [-0.2, -0.15) is 0 Å². The predicted molar refractivity (Wildman–Crippen MR) is 47.3 cm³/mol. The molecule has 0 aliphatic heterocycles.